The average Bonchev–Trinajstić information content (AvgIpc) is 2.55. The second-order valence-corrected chi connectivity index (χ2v) is 4.63. The van der Waals surface area contributed by atoms with E-state index in [4.69, 9.17) is 5.11 Å². The molecule has 0 atom stereocenters. The van der Waals surface area contributed by atoms with Crippen molar-refractivity contribution in [1.29, 1.82) is 0 Å². The van der Waals surface area contributed by atoms with Crippen LogP contribution in [0.2, 0.25) is 0 Å². The topological polar surface area (TPSA) is 78.4 Å². The molecule has 2 amide bonds. The summed E-state index contributed by atoms with van der Waals surface area (Å²) in [5.74, 6) is -2.85. The first-order chi connectivity index (χ1) is 11.0. The van der Waals surface area contributed by atoms with E-state index in [2.05, 4.69) is 10.6 Å². The monoisotopic (exact) mass is 320 g/mol. The quantitative estimate of drug-likeness (QED) is 0.750. The Labute approximate surface area is 130 Å². The first kappa shape index (κ1) is 16.6. The molecule has 2 aromatic rings. The van der Waals surface area contributed by atoms with Gasteiger partial charge in [0.25, 0.3) is 0 Å². The van der Waals surface area contributed by atoms with Crippen LogP contribution in [0.5, 0.6) is 0 Å². The van der Waals surface area contributed by atoms with Crippen molar-refractivity contribution >= 4 is 17.5 Å². The summed E-state index contributed by atoms with van der Waals surface area (Å²) in [6.07, 6.45) is 0. The lowest BCUT2D eigenvalue weighted by molar-refractivity contribution is -0.136. The number of halogens is 2. The van der Waals surface area contributed by atoms with Crippen LogP contribution in [0, 0.1) is 11.6 Å². The number of hydrogen-bond acceptors (Lipinski definition) is 3. The normalized spacial score (nSPS) is 10.2. The molecule has 120 valence electrons. The Bertz CT molecular complexity index is 718. The number of carbonyl (C=O) groups excluding carboxylic acids is 2. The number of amides is 2. The lowest BCUT2D eigenvalue weighted by atomic mass is 10.0. The number of hydrogen-bond donors (Lipinski definition) is 3. The van der Waals surface area contributed by atoms with Crippen LogP contribution in [0.15, 0.2) is 42.5 Å². The minimum Gasteiger partial charge on any atom is -0.395 e. The van der Waals surface area contributed by atoms with Crippen molar-refractivity contribution in [2.45, 2.75) is 0 Å². The highest BCUT2D eigenvalue weighted by Crippen LogP contribution is 2.29. The van der Waals surface area contributed by atoms with E-state index in [0.29, 0.717) is 11.1 Å². The Hall–Kier alpha value is -2.80. The van der Waals surface area contributed by atoms with E-state index in [-0.39, 0.29) is 18.8 Å². The molecule has 0 saturated heterocycles. The molecule has 0 aliphatic carbocycles. The number of carbonyl (C=O) groups is 2. The fourth-order valence-corrected chi connectivity index (χ4v) is 1.92. The van der Waals surface area contributed by atoms with Gasteiger partial charge in [0.15, 0.2) is 0 Å². The van der Waals surface area contributed by atoms with Crippen molar-refractivity contribution < 1.29 is 23.5 Å². The molecule has 3 N–H and O–H groups in total. The fourth-order valence-electron chi connectivity index (χ4n) is 1.92. The Balaban J connectivity index is 2.27. The smallest absolute Gasteiger partial charge is 0.313 e. The minimum atomic E-state index is -0.951. The van der Waals surface area contributed by atoms with Crippen molar-refractivity contribution in [1.82, 2.24) is 5.32 Å². The third-order valence-corrected chi connectivity index (χ3v) is 2.99. The van der Waals surface area contributed by atoms with Gasteiger partial charge in [-0.1, -0.05) is 12.1 Å². The molecule has 0 aliphatic rings. The molecular formula is C16H14F2N2O3. The number of nitrogens with one attached hydrogen (secondary N) is 2. The maximum Gasteiger partial charge on any atom is 0.313 e. The van der Waals surface area contributed by atoms with Gasteiger partial charge in [-0.2, -0.15) is 0 Å². The molecule has 23 heavy (non-hydrogen) atoms. The van der Waals surface area contributed by atoms with Crippen molar-refractivity contribution in [2.75, 3.05) is 18.5 Å². The number of aliphatic hydroxyl groups excluding tert-OH is 1. The molecule has 0 fully saturated rings. The SMILES string of the molecule is O=C(NCCO)C(=O)Nc1ccc(F)cc1-c1ccc(F)cc1. The zero-order valence-corrected chi connectivity index (χ0v) is 12.0. The van der Waals surface area contributed by atoms with Crippen LogP contribution < -0.4 is 10.6 Å². The van der Waals surface area contributed by atoms with E-state index >= 15 is 0 Å². The second-order valence-electron chi connectivity index (χ2n) is 4.63. The predicted octanol–water partition coefficient (Wildman–Crippen LogP) is 1.68. The molecule has 7 heteroatoms. The predicted molar refractivity (Wildman–Crippen MR) is 80.5 cm³/mol. The summed E-state index contributed by atoms with van der Waals surface area (Å²) < 4.78 is 26.5. The third kappa shape index (κ3) is 4.33. The van der Waals surface area contributed by atoms with Crippen molar-refractivity contribution in [3.63, 3.8) is 0 Å². The van der Waals surface area contributed by atoms with Crippen LogP contribution >= 0.6 is 0 Å². The van der Waals surface area contributed by atoms with Crippen LogP contribution in [-0.4, -0.2) is 30.1 Å². The first-order valence-corrected chi connectivity index (χ1v) is 6.77. The van der Waals surface area contributed by atoms with Crippen LogP contribution in [0.3, 0.4) is 0 Å². The molecule has 2 aromatic carbocycles. The lowest BCUT2D eigenvalue weighted by Crippen LogP contribution is -2.36. The molecular weight excluding hydrogens is 306 g/mol. The van der Waals surface area contributed by atoms with Crippen molar-refractivity contribution in [3.8, 4) is 11.1 Å². The summed E-state index contributed by atoms with van der Waals surface area (Å²) in [5.41, 5.74) is 1.01. The summed E-state index contributed by atoms with van der Waals surface area (Å²) >= 11 is 0. The van der Waals surface area contributed by atoms with E-state index < -0.39 is 23.4 Å². The molecule has 0 aromatic heterocycles. The van der Waals surface area contributed by atoms with Gasteiger partial charge in [-0.05, 0) is 35.9 Å². The van der Waals surface area contributed by atoms with E-state index in [0.717, 1.165) is 6.07 Å². The molecule has 0 heterocycles. The van der Waals surface area contributed by atoms with Gasteiger partial charge in [0, 0.05) is 17.8 Å². The Morgan fingerprint density at radius 2 is 1.61 bits per heavy atom. The molecule has 2 rings (SSSR count). The lowest BCUT2D eigenvalue weighted by Gasteiger charge is -2.11. The molecule has 0 bridgehead atoms. The van der Waals surface area contributed by atoms with Gasteiger partial charge in [0.1, 0.15) is 11.6 Å². The maximum atomic E-state index is 13.5. The van der Waals surface area contributed by atoms with Gasteiger partial charge >= 0.3 is 11.8 Å². The average molecular weight is 320 g/mol. The molecule has 0 radical (unpaired) electrons. The van der Waals surface area contributed by atoms with Gasteiger partial charge < -0.3 is 15.7 Å². The summed E-state index contributed by atoms with van der Waals surface area (Å²) in [6, 6.07) is 8.91. The Kier molecular flexibility index (Phi) is 5.37. The number of anilines is 1. The number of rotatable bonds is 4. The third-order valence-electron chi connectivity index (χ3n) is 2.99. The highest BCUT2D eigenvalue weighted by molar-refractivity contribution is 6.39. The largest absolute Gasteiger partial charge is 0.395 e. The van der Waals surface area contributed by atoms with Gasteiger partial charge in [0.05, 0.1) is 6.61 Å². The van der Waals surface area contributed by atoms with Gasteiger partial charge in [-0.25, -0.2) is 8.78 Å². The summed E-state index contributed by atoms with van der Waals surface area (Å²) in [6.45, 7) is -0.350. The molecule has 5 nitrogen and oxygen atoms in total. The molecule has 0 spiro atoms. The number of benzene rings is 2. The standard InChI is InChI=1S/C16H14F2N2O3/c17-11-3-1-10(2-4-11)13-9-12(18)5-6-14(13)20-16(23)15(22)19-7-8-21/h1-6,9,21H,7-8H2,(H,19,22)(H,20,23). The molecule has 0 aliphatic heterocycles. The van der Waals surface area contributed by atoms with Crippen LogP contribution in [0.4, 0.5) is 14.5 Å². The van der Waals surface area contributed by atoms with Gasteiger partial charge in [-0.3, -0.25) is 9.59 Å². The molecule has 0 unspecified atom stereocenters. The van der Waals surface area contributed by atoms with E-state index in [1.165, 1.54) is 36.4 Å². The maximum absolute atomic E-state index is 13.5. The molecule has 0 saturated carbocycles. The fraction of sp³-hybridized carbons (Fsp3) is 0.125. The zero-order chi connectivity index (χ0) is 16.8. The number of aliphatic hydroxyl groups is 1. The summed E-state index contributed by atoms with van der Waals surface area (Å²) in [7, 11) is 0. The highest BCUT2D eigenvalue weighted by atomic mass is 19.1. The van der Waals surface area contributed by atoms with E-state index in [1.807, 2.05) is 0 Å². The van der Waals surface area contributed by atoms with Gasteiger partial charge in [-0.15, -0.1) is 0 Å². The van der Waals surface area contributed by atoms with E-state index in [1.54, 1.807) is 0 Å². The summed E-state index contributed by atoms with van der Waals surface area (Å²) in [5, 5.41) is 13.2. The summed E-state index contributed by atoms with van der Waals surface area (Å²) in [4.78, 5) is 23.3. The van der Waals surface area contributed by atoms with Crippen LogP contribution in [0.25, 0.3) is 11.1 Å². The van der Waals surface area contributed by atoms with Gasteiger partial charge in [0.2, 0.25) is 0 Å². The zero-order valence-electron chi connectivity index (χ0n) is 12.0. The highest BCUT2D eigenvalue weighted by Gasteiger charge is 2.16. The van der Waals surface area contributed by atoms with Crippen LogP contribution in [-0.2, 0) is 9.59 Å². The van der Waals surface area contributed by atoms with Crippen LogP contribution in [0.1, 0.15) is 0 Å². The Morgan fingerprint density at radius 3 is 2.26 bits per heavy atom. The Morgan fingerprint density at radius 1 is 0.957 bits per heavy atom. The van der Waals surface area contributed by atoms with Crippen molar-refractivity contribution in [2.24, 2.45) is 0 Å². The van der Waals surface area contributed by atoms with E-state index in [9.17, 15) is 18.4 Å². The first-order valence-electron chi connectivity index (χ1n) is 6.77. The minimum absolute atomic E-state index is 0.0551. The second kappa shape index (κ2) is 7.46. The van der Waals surface area contributed by atoms with Crippen molar-refractivity contribution in [3.05, 3.63) is 54.1 Å².